The molecule has 0 aromatic heterocycles. The standard InChI is InChI=1S/C12H25N3O3/c1-5-14(9-7-8-13(3)4)12(18)15(6-2)10-11(16)17/h5-10H2,1-4H3,(H,16,17). The molecule has 0 spiro atoms. The molecule has 1 N–H and O–H groups in total. The number of hydrogen-bond acceptors (Lipinski definition) is 3. The molecule has 0 radical (unpaired) electrons. The van der Waals surface area contributed by atoms with Crippen molar-refractivity contribution in [2.45, 2.75) is 20.3 Å². The van der Waals surface area contributed by atoms with Gasteiger partial charge in [0.2, 0.25) is 0 Å². The van der Waals surface area contributed by atoms with E-state index in [1.54, 1.807) is 11.8 Å². The summed E-state index contributed by atoms with van der Waals surface area (Å²) < 4.78 is 0. The third kappa shape index (κ3) is 6.44. The summed E-state index contributed by atoms with van der Waals surface area (Å²) >= 11 is 0. The Labute approximate surface area is 109 Å². The quantitative estimate of drug-likeness (QED) is 0.700. The van der Waals surface area contributed by atoms with Gasteiger partial charge < -0.3 is 19.8 Å². The summed E-state index contributed by atoms with van der Waals surface area (Å²) in [7, 11) is 3.97. The number of likely N-dealkylation sites (N-methyl/N-ethyl adjacent to an activating group) is 1. The molecule has 0 aliphatic rings. The van der Waals surface area contributed by atoms with Gasteiger partial charge in [-0.25, -0.2) is 4.79 Å². The van der Waals surface area contributed by atoms with Crippen molar-refractivity contribution in [2.75, 3.05) is 46.8 Å². The molecule has 0 rings (SSSR count). The first-order chi connectivity index (χ1) is 8.42. The predicted octanol–water partition coefficient (Wildman–Crippen LogP) is 0.786. The van der Waals surface area contributed by atoms with Crippen molar-refractivity contribution in [3.05, 3.63) is 0 Å². The molecule has 0 fully saturated rings. The molecular weight excluding hydrogens is 234 g/mol. The van der Waals surface area contributed by atoms with E-state index in [2.05, 4.69) is 4.90 Å². The van der Waals surface area contributed by atoms with Gasteiger partial charge in [0.15, 0.2) is 0 Å². The second kappa shape index (κ2) is 8.74. The maximum absolute atomic E-state index is 12.1. The summed E-state index contributed by atoms with van der Waals surface area (Å²) in [5.41, 5.74) is 0. The Bertz CT molecular complexity index is 269. The van der Waals surface area contributed by atoms with Gasteiger partial charge >= 0.3 is 12.0 Å². The summed E-state index contributed by atoms with van der Waals surface area (Å²) in [4.78, 5) is 27.9. The van der Waals surface area contributed by atoms with Crippen LogP contribution in [-0.2, 0) is 4.79 Å². The highest BCUT2D eigenvalue weighted by Gasteiger charge is 2.20. The predicted molar refractivity (Wildman–Crippen MR) is 70.7 cm³/mol. The van der Waals surface area contributed by atoms with Gasteiger partial charge in [-0.3, -0.25) is 4.79 Å². The Morgan fingerprint density at radius 1 is 1.00 bits per heavy atom. The average Bonchev–Trinajstić information content (AvgIpc) is 2.30. The summed E-state index contributed by atoms with van der Waals surface area (Å²) in [5, 5.41) is 8.75. The first-order valence-electron chi connectivity index (χ1n) is 6.32. The maximum Gasteiger partial charge on any atom is 0.323 e. The van der Waals surface area contributed by atoms with Crippen LogP contribution < -0.4 is 0 Å². The SMILES string of the molecule is CCN(CCCN(C)C)C(=O)N(CC)CC(=O)O. The molecule has 0 unspecified atom stereocenters. The number of carboxylic acids is 1. The fourth-order valence-corrected chi connectivity index (χ4v) is 1.64. The highest BCUT2D eigenvalue weighted by Crippen LogP contribution is 2.01. The van der Waals surface area contributed by atoms with E-state index in [1.165, 1.54) is 4.90 Å². The normalized spacial score (nSPS) is 10.5. The molecule has 2 amide bonds. The Hall–Kier alpha value is -1.30. The number of hydrogen-bond donors (Lipinski definition) is 1. The molecule has 0 atom stereocenters. The van der Waals surface area contributed by atoms with E-state index in [0.29, 0.717) is 19.6 Å². The van der Waals surface area contributed by atoms with E-state index in [4.69, 9.17) is 5.11 Å². The van der Waals surface area contributed by atoms with Gasteiger partial charge in [0.25, 0.3) is 0 Å². The van der Waals surface area contributed by atoms with Gasteiger partial charge in [-0.1, -0.05) is 0 Å². The van der Waals surface area contributed by atoms with Crippen LogP contribution in [0, 0.1) is 0 Å². The van der Waals surface area contributed by atoms with Crippen LogP contribution in [0.4, 0.5) is 4.79 Å². The minimum Gasteiger partial charge on any atom is -0.480 e. The van der Waals surface area contributed by atoms with Crippen LogP contribution in [0.25, 0.3) is 0 Å². The molecule has 0 saturated heterocycles. The number of rotatable bonds is 8. The highest BCUT2D eigenvalue weighted by molar-refractivity contribution is 5.80. The Morgan fingerprint density at radius 3 is 1.94 bits per heavy atom. The van der Waals surface area contributed by atoms with Crippen molar-refractivity contribution < 1.29 is 14.7 Å². The third-order valence-electron chi connectivity index (χ3n) is 2.66. The lowest BCUT2D eigenvalue weighted by molar-refractivity contribution is -0.137. The number of urea groups is 1. The van der Waals surface area contributed by atoms with E-state index < -0.39 is 5.97 Å². The molecule has 0 aromatic rings. The molecule has 106 valence electrons. The summed E-state index contributed by atoms with van der Waals surface area (Å²) in [6.45, 7) is 6.03. The van der Waals surface area contributed by atoms with E-state index in [-0.39, 0.29) is 12.6 Å². The van der Waals surface area contributed by atoms with E-state index in [9.17, 15) is 9.59 Å². The summed E-state index contributed by atoms with van der Waals surface area (Å²) in [5.74, 6) is -0.977. The van der Waals surface area contributed by atoms with Gasteiger partial charge in [0.1, 0.15) is 6.54 Å². The van der Waals surface area contributed by atoms with Crippen molar-refractivity contribution in [1.29, 1.82) is 0 Å². The first-order valence-corrected chi connectivity index (χ1v) is 6.32. The minimum atomic E-state index is -0.977. The zero-order valence-electron chi connectivity index (χ0n) is 11.8. The largest absolute Gasteiger partial charge is 0.480 e. The molecule has 0 saturated carbocycles. The summed E-state index contributed by atoms with van der Waals surface area (Å²) in [6, 6.07) is -0.193. The molecule has 6 heteroatoms. The molecule has 0 aromatic carbocycles. The molecule has 0 heterocycles. The van der Waals surface area contributed by atoms with Crippen molar-refractivity contribution in [2.24, 2.45) is 0 Å². The van der Waals surface area contributed by atoms with Gasteiger partial charge in [-0.05, 0) is 40.9 Å². The van der Waals surface area contributed by atoms with E-state index in [1.807, 2.05) is 21.0 Å². The van der Waals surface area contributed by atoms with Crippen molar-refractivity contribution in [3.63, 3.8) is 0 Å². The third-order valence-corrected chi connectivity index (χ3v) is 2.66. The number of aliphatic carboxylic acids is 1. The molecular formula is C12H25N3O3. The van der Waals surface area contributed by atoms with Crippen LogP contribution in [0.3, 0.4) is 0 Å². The topological polar surface area (TPSA) is 64.1 Å². The van der Waals surface area contributed by atoms with Crippen LogP contribution in [0.1, 0.15) is 20.3 Å². The maximum atomic E-state index is 12.1. The lowest BCUT2D eigenvalue weighted by atomic mass is 10.3. The lowest BCUT2D eigenvalue weighted by Gasteiger charge is -2.28. The van der Waals surface area contributed by atoms with Crippen molar-refractivity contribution >= 4 is 12.0 Å². The van der Waals surface area contributed by atoms with Crippen molar-refractivity contribution in [3.8, 4) is 0 Å². The van der Waals surface area contributed by atoms with E-state index >= 15 is 0 Å². The smallest absolute Gasteiger partial charge is 0.323 e. The second-order valence-electron chi connectivity index (χ2n) is 4.43. The van der Waals surface area contributed by atoms with Gasteiger partial charge in [-0.15, -0.1) is 0 Å². The summed E-state index contributed by atoms with van der Waals surface area (Å²) in [6.07, 6.45) is 0.886. The van der Waals surface area contributed by atoms with Crippen molar-refractivity contribution in [1.82, 2.24) is 14.7 Å². The number of carbonyl (C=O) groups excluding carboxylic acids is 1. The first kappa shape index (κ1) is 16.7. The molecule has 0 aliphatic carbocycles. The van der Waals surface area contributed by atoms with Gasteiger partial charge in [-0.2, -0.15) is 0 Å². The van der Waals surface area contributed by atoms with Crippen LogP contribution >= 0.6 is 0 Å². The minimum absolute atomic E-state index is 0.193. The number of nitrogens with zero attached hydrogens (tertiary/aromatic N) is 3. The molecule has 0 aliphatic heterocycles. The monoisotopic (exact) mass is 259 g/mol. The van der Waals surface area contributed by atoms with Crippen LogP contribution in [-0.4, -0.2) is 78.6 Å². The molecule has 18 heavy (non-hydrogen) atoms. The Morgan fingerprint density at radius 2 is 1.56 bits per heavy atom. The second-order valence-corrected chi connectivity index (χ2v) is 4.43. The lowest BCUT2D eigenvalue weighted by Crippen LogP contribution is -2.45. The average molecular weight is 259 g/mol. The molecule has 0 bridgehead atoms. The zero-order chi connectivity index (χ0) is 14.1. The zero-order valence-corrected chi connectivity index (χ0v) is 11.8. The number of carboxylic acid groups (broad SMARTS) is 1. The highest BCUT2D eigenvalue weighted by atomic mass is 16.4. The van der Waals surface area contributed by atoms with Crippen LogP contribution in [0.2, 0.25) is 0 Å². The van der Waals surface area contributed by atoms with Crippen LogP contribution in [0.15, 0.2) is 0 Å². The number of amides is 2. The fraction of sp³-hybridized carbons (Fsp3) is 0.833. The van der Waals surface area contributed by atoms with Crippen LogP contribution in [0.5, 0.6) is 0 Å². The Kier molecular flexibility index (Phi) is 8.11. The Balaban J connectivity index is 4.34. The van der Waals surface area contributed by atoms with Gasteiger partial charge in [0.05, 0.1) is 0 Å². The van der Waals surface area contributed by atoms with E-state index in [0.717, 1.165) is 13.0 Å². The van der Waals surface area contributed by atoms with Gasteiger partial charge in [0, 0.05) is 19.6 Å². The molecule has 6 nitrogen and oxygen atoms in total. The fourth-order valence-electron chi connectivity index (χ4n) is 1.64. The number of carbonyl (C=O) groups is 2.